The fourth-order valence-electron chi connectivity index (χ4n) is 3.14. The monoisotopic (exact) mass is 312 g/mol. The van der Waals surface area contributed by atoms with Gasteiger partial charge in [-0.05, 0) is 42.8 Å². The van der Waals surface area contributed by atoms with E-state index in [4.69, 9.17) is 16.0 Å². The van der Waals surface area contributed by atoms with Crippen molar-refractivity contribution in [1.29, 1.82) is 0 Å². The molecule has 4 rings (SSSR count). The normalized spacial score (nSPS) is 19.0. The summed E-state index contributed by atoms with van der Waals surface area (Å²) in [6.07, 6.45) is 1.09. The van der Waals surface area contributed by atoms with E-state index in [1.165, 1.54) is 5.56 Å². The van der Waals surface area contributed by atoms with Crippen molar-refractivity contribution in [3.8, 4) is 0 Å². The van der Waals surface area contributed by atoms with Crippen molar-refractivity contribution >= 4 is 22.7 Å². The molecule has 1 aliphatic heterocycles. The molecule has 2 aromatic carbocycles. The molecule has 1 atom stereocenters. The summed E-state index contributed by atoms with van der Waals surface area (Å²) in [4.78, 5) is 7.07. The number of aromatic nitrogens is 1. The zero-order chi connectivity index (χ0) is 14.9. The quantitative estimate of drug-likeness (QED) is 0.714. The lowest BCUT2D eigenvalue weighted by molar-refractivity contribution is 0.321. The van der Waals surface area contributed by atoms with E-state index in [1.54, 1.807) is 0 Å². The van der Waals surface area contributed by atoms with Gasteiger partial charge in [-0.3, -0.25) is 4.90 Å². The molecule has 4 heteroatoms. The molecular formula is C18H17ClN2O. The summed E-state index contributed by atoms with van der Waals surface area (Å²) in [6, 6.07) is 16.0. The Morgan fingerprint density at radius 2 is 2.09 bits per heavy atom. The Bertz CT molecular complexity index is 765. The van der Waals surface area contributed by atoms with E-state index in [9.17, 15) is 0 Å². The smallest absolute Gasteiger partial charge is 0.199 e. The number of likely N-dealkylation sites (tertiary alicyclic amines) is 1. The Morgan fingerprint density at radius 3 is 2.95 bits per heavy atom. The molecule has 1 unspecified atom stereocenters. The molecule has 112 valence electrons. The number of nitrogens with zero attached hydrogens (tertiary/aromatic N) is 2. The topological polar surface area (TPSA) is 29.3 Å². The van der Waals surface area contributed by atoms with Gasteiger partial charge in [-0.2, -0.15) is 0 Å². The van der Waals surface area contributed by atoms with E-state index >= 15 is 0 Å². The molecule has 0 amide bonds. The summed E-state index contributed by atoms with van der Waals surface area (Å²) in [7, 11) is 0. The van der Waals surface area contributed by atoms with Crippen LogP contribution in [0, 0.1) is 0 Å². The van der Waals surface area contributed by atoms with Gasteiger partial charge in [0, 0.05) is 24.0 Å². The van der Waals surface area contributed by atoms with Crippen molar-refractivity contribution in [2.75, 3.05) is 13.1 Å². The first-order chi connectivity index (χ1) is 10.8. The molecule has 0 aliphatic carbocycles. The van der Waals surface area contributed by atoms with Gasteiger partial charge in [0.15, 0.2) is 11.5 Å². The summed E-state index contributed by atoms with van der Waals surface area (Å²) in [6.45, 7) is 2.98. The summed E-state index contributed by atoms with van der Waals surface area (Å²) in [5, 5.41) is 0.798. The van der Waals surface area contributed by atoms with Gasteiger partial charge in [0.1, 0.15) is 5.52 Å². The number of fused-ring (bicyclic) bond motifs is 1. The van der Waals surface area contributed by atoms with Crippen molar-refractivity contribution in [3.05, 3.63) is 65.0 Å². The maximum absolute atomic E-state index is 6.06. The highest BCUT2D eigenvalue weighted by atomic mass is 35.5. The Balaban J connectivity index is 1.47. The van der Waals surface area contributed by atoms with Gasteiger partial charge in [0.25, 0.3) is 0 Å². The molecule has 22 heavy (non-hydrogen) atoms. The number of halogens is 1. The predicted octanol–water partition coefficient (Wildman–Crippen LogP) is 4.47. The zero-order valence-corrected chi connectivity index (χ0v) is 13.0. The molecular weight excluding hydrogens is 296 g/mol. The molecule has 0 N–H and O–H groups in total. The van der Waals surface area contributed by atoms with Gasteiger partial charge >= 0.3 is 0 Å². The second-order valence-corrected chi connectivity index (χ2v) is 6.31. The van der Waals surface area contributed by atoms with Crippen molar-refractivity contribution in [3.63, 3.8) is 0 Å². The average molecular weight is 313 g/mol. The molecule has 1 aromatic heterocycles. The minimum Gasteiger partial charge on any atom is -0.440 e. The lowest BCUT2D eigenvalue weighted by Crippen LogP contribution is -2.19. The highest BCUT2D eigenvalue weighted by Gasteiger charge is 2.27. The van der Waals surface area contributed by atoms with E-state index < -0.39 is 0 Å². The third-order valence-electron chi connectivity index (χ3n) is 4.23. The first-order valence-electron chi connectivity index (χ1n) is 7.60. The highest BCUT2D eigenvalue weighted by molar-refractivity contribution is 6.30. The fourth-order valence-corrected chi connectivity index (χ4v) is 3.35. The van der Waals surface area contributed by atoms with Gasteiger partial charge < -0.3 is 4.42 Å². The maximum atomic E-state index is 6.06. The number of para-hydroxylation sites is 2. The third-order valence-corrected chi connectivity index (χ3v) is 4.46. The SMILES string of the molecule is Clc1cccc(CN2CCC(c3nc4ccccc4o3)C2)c1. The van der Waals surface area contributed by atoms with Gasteiger partial charge in [-0.15, -0.1) is 0 Å². The standard InChI is InChI=1S/C18H17ClN2O/c19-15-5-3-4-13(10-15)11-21-9-8-14(12-21)18-20-16-6-1-2-7-17(16)22-18/h1-7,10,14H,8-9,11-12H2. The van der Waals surface area contributed by atoms with Crippen molar-refractivity contribution < 1.29 is 4.42 Å². The number of rotatable bonds is 3. The minimum absolute atomic E-state index is 0.381. The van der Waals surface area contributed by atoms with Crippen LogP contribution in [0.15, 0.2) is 52.9 Å². The van der Waals surface area contributed by atoms with E-state index in [-0.39, 0.29) is 0 Å². The summed E-state index contributed by atoms with van der Waals surface area (Å²) in [5.74, 6) is 1.25. The highest BCUT2D eigenvalue weighted by Crippen LogP contribution is 2.30. The molecule has 0 bridgehead atoms. The summed E-state index contributed by atoms with van der Waals surface area (Å²) in [5.41, 5.74) is 3.09. The molecule has 3 aromatic rings. The molecule has 0 saturated carbocycles. The summed E-state index contributed by atoms with van der Waals surface area (Å²) < 4.78 is 5.91. The van der Waals surface area contributed by atoms with Crippen LogP contribution < -0.4 is 0 Å². The van der Waals surface area contributed by atoms with Crippen LogP contribution in [0.1, 0.15) is 23.8 Å². The number of oxazole rings is 1. The Morgan fingerprint density at radius 1 is 1.18 bits per heavy atom. The van der Waals surface area contributed by atoms with E-state index in [1.807, 2.05) is 42.5 Å². The van der Waals surface area contributed by atoms with Crippen LogP contribution in [0.2, 0.25) is 5.02 Å². The average Bonchev–Trinajstić information content (AvgIpc) is 3.13. The molecule has 0 radical (unpaired) electrons. The van der Waals surface area contributed by atoms with E-state index in [0.29, 0.717) is 5.92 Å². The Kier molecular flexibility index (Phi) is 3.60. The second-order valence-electron chi connectivity index (χ2n) is 5.87. The maximum Gasteiger partial charge on any atom is 0.199 e. The Labute approximate surface area is 134 Å². The Hall–Kier alpha value is -1.84. The van der Waals surface area contributed by atoms with Gasteiger partial charge in [0.05, 0.1) is 0 Å². The molecule has 3 nitrogen and oxygen atoms in total. The first kappa shape index (κ1) is 13.8. The molecule has 0 spiro atoms. The van der Waals surface area contributed by atoms with Crippen LogP contribution in [0.3, 0.4) is 0 Å². The van der Waals surface area contributed by atoms with Crippen LogP contribution in [0.25, 0.3) is 11.1 Å². The van der Waals surface area contributed by atoms with E-state index in [2.05, 4.69) is 16.0 Å². The zero-order valence-electron chi connectivity index (χ0n) is 12.2. The third kappa shape index (κ3) is 2.74. The molecule has 2 heterocycles. The first-order valence-corrected chi connectivity index (χ1v) is 7.98. The van der Waals surface area contributed by atoms with Gasteiger partial charge in [-0.25, -0.2) is 4.98 Å². The largest absolute Gasteiger partial charge is 0.440 e. The van der Waals surface area contributed by atoms with Crippen molar-refractivity contribution in [2.45, 2.75) is 18.9 Å². The van der Waals surface area contributed by atoms with Crippen molar-refractivity contribution in [2.24, 2.45) is 0 Å². The second kappa shape index (κ2) is 5.75. The molecule has 1 aliphatic rings. The summed E-state index contributed by atoms with van der Waals surface area (Å²) >= 11 is 6.06. The van der Waals surface area contributed by atoms with Crippen LogP contribution in [0.5, 0.6) is 0 Å². The van der Waals surface area contributed by atoms with Gasteiger partial charge in [-0.1, -0.05) is 35.9 Å². The van der Waals surface area contributed by atoms with Gasteiger partial charge in [0.2, 0.25) is 0 Å². The minimum atomic E-state index is 0.381. The molecule has 1 fully saturated rings. The lowest BCUT2D eigenvalue weighted by atomic mass is 10.1. The lowest BCUT2D eigenvalue weighted by Gasteiger charge is -2.15. The number of hydrogen-bond acceptors (Lipinski definition) is 3. The van der Waals surface area contributed by atoms with E-state index in [0.717, 1.165) is 48.1 Å². The fraction of sp³-hybridized carbons (Fsp3) is 0.278. The van der Waals surface area contributed by atoms with Crippen LogP contribution in [-0.4, -0.2) is 23.0 Å². The van der Waals surface area contributed by atoms with Crippen LogP contribution in [0.4, 0.5) is 0 Å². The van der Waals surface area contributed by atoms with Crippen LogP contribution in [-0.2, 0) is 6.54 Å². The predicted molar refractivity (Wildman–Crippen MR) is 88.1 cm³/mol. The van der Waals surface area contributed by atoms with Crippen LogP contribution >= 0.6 is 11.6 Å². The van der Waals surface area contributed by atoms with Crippen molar-refractivity contribution in [1.82, 2.24) is 9.88 Å². The number of hydrogen-bond donors (Lipinski definition) is 0. The number of benzene rings is 2. The molecule has 1 saturated heterocycles.